The minimum Gasteiger partial charge on any atom is -0.337 e. The summed E-state index contributed by atoms with van der Waals surface area (Å²) in [6.45, 7) is 0.864. The minimum absolute atomic E-state index is 0.137. The molecule has 2 amide bonds. The van der Waals surface area contributed by atoms with Gasteiger partial charge in [-0.2, -0.15) is 0 Å². The van der Waals surface area contributed by atoms with Crippen LogP contribution in [0.4, 0.5) is 5.69 Å². The van der Waals surface area contributed by atoms with Gasteiger partial charge < -0.3 is 4.57 Å². The number of non-ortho nitro benzene ring substituents is 1. The van der Waals surface area contributed by atoms with Gasteiger partial charge in [0, 0.05) is 48.7 Å². The normalized spacial score (nSPS) is 12.9. The first-order chi connectivity index (χ1) is 14.5. The molecule has 4 rings (SSSR count). The van der Waals surface area contributed by atoms with Crippen LogP contribution in [0, 0.1) is 10.1 Å². The number of imide groups is 1. The lowest BCUT2D eigenvalue weighted by molar-refractivity contribution is -0.384. The van der Waals surface area contributed by atoms with Gasteiger partial charge in [0.1, 0.15) is 0 Å². The number of nitro benzene ring substituents is 1. The second-order valence-electron chi connectivity index (χ2n) is 6.81. The highest BCUT2D eigenvalue weighted by molar-refractivity contribution is 6.22. The molecule has 30 heavy (non-hydrogen) atoms. The van der Waals surface area contributed by atoms with Crippen LogP contribution >= 0.6 is 0 Å². The average molecular weight is 404 g/mol. The number of nitro groups is 1. The molecule has 0 aliphatic carbocycles. The molecular formula is C21H16N4O5. The lowest BCUT2D eigenvalue weighted by atomic mass is 9.99. The van der Waals surface area contributed by atoms with Gasteiger partial charge >= 0.3 is 0 Å². The van der Waals surface area contributed by atoms with Crippen molar-refractivity contribution in [3.05, 3.63) is 93.6 Å². The number of carbonyl (C=O) groups excluding carboxylic acids is 3. The summed E-state index contributed by atoms with van der Waals surface area (Å²) in [5.41, 5.74) is 0.545. The number of nitrogens with zero attached hydrogens (tertiary/aromatic N) is 4. The predicted molar refractivity (Wildman–Crippen MR) is 105 cm³/mol. The molecule has 0 atom stereocenters. The van der Waals surface area contributed by atoms with Crippen molar-refractivity contribution >= 4 is 23.3 Å². The lowest BCUT2D eigenvalue weighted by Crippen LogP contribution is -2.31. The van der Waals surface area contributed by atoms with Gasteiger partial charge in [0.2, 0.25) is 0 Å². The van der Waals surface area contributed by atoms with Crippen LogP contribution in [-0.2, 0) is 6.54 Å². The molecule has 0 N–H and O–H groups in total. The number of aromatic nitrogens is 2. The van der Waals surface area contributed by atoms with Crippen LogP contribution < -0.4 is 0 Å². The molecule has 1 aliphatic rings. The molecule has 1 aliphatic heterocycles. The van der Waals surface area contributed by atoms with Crippen LogP contribution in [0.5, 0.6) is 0 Å². The molecule has 3 aromatic rings. The van der Waals surface area contributed by atoms with Crippen LogP contribution in [0.3, 0.4) is 0 Å². The van der Waals surface area contributed by atoms with E-state index >= 15 is 0 Å². The van der Waals surface area contributed by atoms with Crippen LogP contribution in [0.1, 0.15) is 43.1 Å². The monoisotopic (exact) mass is 404 g/mol. The van der Waals surface area contributed by atoms with E-state index in [9.17, 15) is 24.5 Å². The van der Waals surface area contributed by atoms with Crippen molar-refractivity contribution in [3.63, 3.8) is 0 Å². The van der Waals surface area contributed by atoms with E-state index in [1.807, 2.05) is 4.57 Å². The predicted octanol–water partition coefficient (Wildman–Crippen LogP) is 2.71. The topological polar surface area (TPSA) is 115 Å². The van der Waals surface area contributed by atoms with E-state index in [0.717, 1.165) is 0 Å². The van der Waals surface area contributed by atoms with E-state index < -0.39 is 22.5 Å². The summed E-state index contributed by atoms with van der Waals surface area (Å²) in [5.74, 6) is -1.30. The van der Waals surface area contributed by atoms with Crippen LogP contribution in [0.15, 0.2) is 61.2 Å². The van der Waals surface area contributed by atoms with Crippen LogP contribution in [-0.4, -0.2) is 43.5 Å². The van der Waals surface area contributed by atoms with Gasteiger partial charge in [0.25, 0.3) is 17.5 Å². The fourth-order valence-electron chi connectivity index (χ4n) is 3.39. The Bertz CT molecular complexity index is 1170. The van der Waals surface area contributed by atoms with Gasteiger partial charge in [-0.1, -0.05) is 18.2 Å². The molecule has 150 valence electrons. The Kier molecular flexibility index (Phi) is 4.93. The minimum atomic E-state index is -0.580. The SMILES string of the molecule is O=C(c1cccc([N+](=O)[O-])c1)c1ccc2c(c1)C(=O)N(CCCn1ccnc1)C2=O. The molecule has 9 heteroatoms. The van der Waals surface area contributed by atoms with Gasteiger partial charge in [-0.15, -0.1) is 0 Å². The van der Waals surface area contributed by atoms with E-state index in [-0.39, 0.29) is 34.5 Å². The standard InChI is InChI=1S/C21H16N4O5/c26-19(14-3-1-4-16(11-14)25(29)30)15-5-6-17-18(12-15)21(28)24(20(17)27)9-2-8-23-10-7-22-13-23/h1,3-7,10-13H,2,8-9H2. The van der Waals surface area contributed by atoms with Gasteiger partial charge in [-0.05, 0) is 18.6 Å². The Labute approximate surface area is 170 Å². The Morgan fingerprint density at radius 3 is 2.50 bits per heavy atom. The first-order valence-corrected chi connectivity index (χ1v) is 9.21. The number of amides is 2. The fraction of sp³-hybridized carbons (Fsp3) is 0.143. The van der Waals surface area contributed by atoms with Crippen molar-refractivity contribution in [2.45, 2.75) is 13.0 Å². The summed E-state index contributed by atoms with van der Waals surface area (Å²) in [6, 6.07) is 9.67. The fourth-order valence-corrected chi connectivity index (χ4v) is 3.39. The number of carbonyl (C=O) groups is 3. The zero-order valence-corrected chi connectivity index (χ0v) is 15.7. The highest BCUT2D eigenvalue weighted by Gasteiger charge is 2.35. The van der Waals surface area contributed by atoms with E-state index in [4.69, 9.17) is 0 Å². The highest BCUT2D eigenvalue weighted by Crippen LogP contribution is 2.26. The molecule has 0 spiro atoms. The van der Waals surface area contributed by atoms with Gasteiger partial charge in [0.05, 0.1) is 22.4 Å². The molecule has 2 heterocycles. The largest absolute Gasteiger partial charge is 0.337 e. The number of ketones is 1. The van der Waals surface area contributed by atoms with E-state index in [0.29, 0.717) is 13.0 Å². The third-order valence-electron chi connectivity index (χ3n) is 4.91. The molecule has 0 unspecified atom stereocenters. The van der Waals surface area contributed by atoms with Gasteiger partial charge in [-0.3, -0.25) is 29.4 Å². The summed E-state index contributed by atoms with van der Waals surface area (Å²) in [7, 11) is 0. The molecule has 1 aromatic heterocycles. The van der Waals surface area contributed by atoms with Crippen molar-refractivity contribution < 1.29 is 19.3 Å². The van der Waals surface area contributed by atoms with Crippen molar-refractivity contribution in [2.24, 2.45) is 0 Å². The summed E-state index contributed by atoms with van der Waals surface area (Å²) in [5, 5.41) is 10.9. The Hall–Kier alpha value is -4.14. The molecule has 0 saturated heterocycles. The number of hydrogen-bond donors (Lipinski definition) is 0. The van der Waals surface area contributed by atoms with E-state index in [2.05, 4.69) is 4.98 Å². The number of fused-ring (bicyclic) bond motifs is 1. The third kappa shape index (κ3) is 3.48. The number of aryl methyl sites for hydroxylation is 1. The maximum absolute atomic E-state index is 12.8. The zero-order chi connectivity index (χ0) is 21.3. The molecule has 0 fully saturated rings. The van der Waals surface area contributed by atoms with Gasteiger partial charge in [0.15, 0.2) is 5.78 Å². The number of benzene rings is 2. The summed E-state index contributed by atoms with van der Waals surface area (Å²) < 4.78 is 1.86. The molecule has 0 saturated carbocycles. The summed E-state index contributed by atoms with van der Waals surface area (Å²) in [6.07, 6.45) is 5.69. The Morgan fingerprint density at radius 1 is 1.00 bits per heavy atom. The maximum Gasteiger partial charge on any atom is 0.270 e. The number of rotatable bonds is 7. The maximum atomic E-state index is 12.8. The summed E-state index contributed by atoms with van der Waals surface area (Å²) in [4.78, 5) is 53.6. The number of hydrogen-bond acceptors (Lipinski definition) is 6. The van der Waals surface area contributed by atoms with Crippen LogP contribution in [0.25, 0.3) is 0 Å². The first kappa shape index (κ1) is 19.2. The van der Waals surface area contributed by atoms with Crippen molar-refractivity contribution in [1.29, 1.82) is 0 Å². The molecule has 0 bridgehead atoms. The van der Waals surface area contributed by atoms with Crippen molar-refractivity contribution in [3.8, 4) is 0 Å². The summed E-state index contributed by atoms with van der Waals surface area (Å²) >= 11 is 0. The Morgan fingerprint density at radius 2 is 1.77 bits per heavy atom. The average Bonchev–Trinajstić information content (AvgIpc) is 3.35. The molecule has 2 aromatic carbocycles. The van der Waals surface area contributed by atoms with Crippen molar-refractivity contribution in [1.82, 2.24) is 14.5 Å². The third-order valence-corrected chi connectivity index (χ3v) is 4.91. The first-order valence-electron chi connectivity index (χ1n) is 9.21. The van der Waals surface area contributed by atoms with Crippen LogP contribution in [0.2, 0.25) is 0 Å². The molecule has 0 radical (unpaired) electrons. The van der Waals surface area contributed by atoms with E-state index in [1.54, 1.807) is 18.7 Å². The Balaban J connectivity index is 1.53. The van der Waals surface area contributed by atoms with E-state index in [1.165, 1.54) is 47.4 Å². The lowest BCUT2D eigenvalue weighted by Gasteiger charge is -2.13. The zero-order valence-electron chi connectivity index (χ0n) is 15.7. The second kappa shape index (κ2) is 7.70. The quantitative estimate of drug-likeness (QED) is 0.259. The second-order valence-corrected chi connectivity index (χ2v) is 6.81. The number of imidazole rings is 1. The smallest absolute Gasteiger partial charge is 0.270 e. The highest BCUT2D eigenvalue weighted by atomic mass is 16.6. The van der Waals surface area contributed by atoms with Gasteiger partial charge in [-0.25, -0.2) is 4.98 Å². The molecule has 9 nitrogen and oxygen atoms in total. The molecular weight excluding hydrogens is 388 g/mol. The van der Waals surface area contributed by atoms with Crippen molar-refractivity contribution in [2.75, 3.05) is 6.54 Å².